The molecule has 0 bridgehead atoms. The normalized spacial score (nSPS) is 15.5. The van der Waals surface area contributed by atoms with Gasteiger partial charge in [0.15, 0.2) is 0 Å². The van der Waals surface area contributed by atoms with Gasteiger partial charge in [0.25, 0.3) is 0 Å². The maximum Gasteiger partial charge on any atom is 0.335 e. The number of hydrogen-bond donors (Lipinski definition) is 1. The number of pyridine rings is 1. The van der Waals surface area contributed by atoms with E-state index in [-0.39, 0.29) is 5.41 Å². The Morgan fingerprint density at radius 1 is 1.11 bits per heavy atom. The Morgan fingerprint density at radius 3 is 2.69 bits per heavy atom. The van der Waals surface area contributed by atoms with Crippen LogP contribution in [0.5, 0.6) is 5.75 Å². The Bertz CT molecular complexity index is 1430. The Balaban J connectivity index is 1.53. The van der Waals surface area contributed by atoms with E-state index in [4.69, 9.17) is 4.74 Å². The fourth-order valence-corrected chi connectivity index (χ4v) is 5.53. The number of carboxylic acid groups (broad SMARTS) is 1. The highest BCUT2D eigenvalue weighted by Crippen LogP contribution is 2.47. The van der Waals surface area contributed by atoms with Gasteiger partial charge in [-0.25, -0.2) is 4.79 Å². The molecule has 2 aromatic carbocycles. The first-order valence-corrected chi connectivity index (χ1v) is 12.2. The van der Waals surface area contributed by atoms with Crippen LogP contribution in [0, 0.1) is 0 Å². The summed E-state index contributed by atoms with van der Waals surface area (Å²) in [6.45, 7) is 6.06. The lowest BCUT2D eigenvalue weighted by atomic mass is 9.76. The summed E-state index contributed by atoms with van der Waals surface area (Å²) in [6.07, 6.45) is 8.87. The van der Waals surface area contributed by atoms with E-state index >= 15 is 0 Å². The molecule has 2 aliphatic rings. The minimum Gasteiger partial charge on any atom is -0.493 e. The van der Waals surface area contributed by atoms with Crippen molar-refractivity contribution in [1.29, 1.82) is 0 Å². The van der Waals surface area contributed by atoms with Crippen LogP contribution in [0.3, 0.4) is 0 Å². The van der Waals surface area contributed by atoms with Gasteiger partial charge in [0, 0.05) is 41.8 Å². The second kappa shape index (κ2) is 8.12. The minimum atomic E-state index is -0.908. The number of aromatic nitrogens is 2. The lowest BCUT2D eigenvalue weighted by molar-refractivity contribution is 0.0697. The monoisotopic (exact) mass is 464 g/mol. The van der Waals surface area contributed by atoms with Crippen LogP contribution in [0.25, 0.3) is 22.4 Å². The van der Waals surface area contributed by atoms with Crippen LogP contribution in [0.4, 0.5) is 0 Å². The molecule has 1 N–H and O–H groups in total. The highest BCUT2D eigenvalue weighted by atomic mass is 16.5. The van der Waals surface area contributed by atoms with E-state index in [1.807, 2.05) is 24.4 Å². The van der Waals surface area contributed by atoms with E-state index < -0.39 is 5.97 Å². The lowest BCUT2D eigenvalue weighted by Crippen LogP contribution is -2.27. The molecule has 0 fully saturated rings. The number of hydrogen-bond acceptors (Lipinski definition) is 3. The van der Waals surface area contributed by atoms with Gasteiger partial charge < -0.3 is 14.4 Å². The summed E-state index contributed by atoms with van der Waals surface area (Å²) in [7, 11) is 0. The predicted octanol–water partition coefficient (Wildman–Crippen LogP) is 6.12. The highest BCUT2D eigenvalue weighted by Gasteiger charge is 2.32. The standard InChI is InChI=1S/C30H28N2O3/c1-30(2)11-13-35-27-15-24-22(14-26(27)30)9-10-23-25(20-5-7-21(8-6-20)29(33)34)18-32(28(23)24)17-19-4-3-12-31-16-19/h3-8,12,14-16,18H,9-11,13,17H2,1-2H3,(H,33,34). The third kappa shape index (κ3) is 3.72. The van der Waals surface area contributed by atoms with Crippen molar-refractivity contribution in [3.63, 3.8) is 0 Å². The summed E-state index contributed by atoms with van der Waals surface area (Å²) in [5.74, 6) is 0.0868. The summed E-state index contributed by atoms with van der Waals surface area (Å²) in [5.41, 5.74) is 10.2. The molecule has 4 aromatic rings. The molecule has 0 atom stereocenters. The van der Waals surface area contributed by atoms with Crippen LogP contribution < -0.4 is 4.74 Å². The topological polar surface area (TPSA) is 64.3 Å². The number of aryl methyl sites for hydroxylation is 1. The van der Waals surface area contributed by atoms with E-state index in [9.17, 15) is 9.90 Å². The number of fused-ring (bicyclic) bond motifs is 4. The van der Waals surface area contributed by atoms with E-state index in [0.717, 1.165) is 48.3 Å². The van der Waals surface area contributed by atoms with Crippen molar-refractivity contribution in [3.8, 4) is 28.1 Å². The molecule has 0 radical (unpaired) electrons. The van der Waals surface area contributed by atoms with Crippen LogP contribution >= 0.6 is 0 Å². The molecule has 5 nitrogen and oxygen atoms in total. The number of rotatable bonds is 4. The fraction of sp³-hybridized carbons (Fsp3) is 0.267. The van der Waals surface area contributed by atoms with Crippen LogP contribution in [0.2, 0.25) is 0 Å². The first-order chi connectivity index (χ1) is 16.9. The summed E-state index contributed by atoms with van der Waals surface area (Å²) < 4.78 is 8.48. The van der Waals surface area contributed by atoms with Crippen molar-refractivity contribution in [1.82, 2.24) is 9.55 Å². The predicted molar refractivity (Wildman–Crippen MR) is 136 cm³/mol. The zero-order valence-electron chi connectivity index (χ0n) is 20.0. The number of carbonyl (C=O) groups is 1. The van der Waals surface area contributed by atoms with Gasteiger partial charge >= 0.3 is 5.97 Å². The zero-order chi connectivity index (χ0) is 24.2. The van der Waals surface area contributed by atoms with E-state index in [1.54, 1.807) is 18.3 Å². The smallest absolute Gasteiger partial charge is 0.335 e. The molecule has 0 saturated heterocycles. The van der Waals surface area contributed by atoms with Crippen molar-refractivity contribution < 1.29 is 14.6 Å². The Hall–Kier alpha value is -3.86. The fourth-order valence-electron chi connectivity index (χ4n) is 5.53. The average molecular weight is 465 g/mol. The molecule has 0 saturated carbocycles. The Morgan fingerprint density at radius 2 is 1.94 bits per heavy atom. The van der Waals surface area contributed by atoms with Crippen molar-refractivity contribution in [2.75, 3.05) is 6.61 Å². The molecular weight excluding hydrogens is 436 g/mol. The van der Waals surface area contributed by atoms with Crippen LogP contribution in [-0.4, -0.2) is 27.2 Å². The van der Waals surface area contributed by atoms with Crippen LogP contribution in [0.1, 0.15) is 52.9 Å². The van der Waals surface area contributed by atoms with Crippen LogP contribution in [-0.2, 0) is 24.8 Å². The first kappa shape index (κ1) is 21.7. The molecule has 0 spiro atoms. The van der Waals surface area contributed by atoms with Crippen molar-refractivity contribution in [3.05, 3.63) is 94.9 Å². The number of nitrogens with zero attached hydrogens (tertiary/aromatic N) is 2. The molecule has 5 heteroatoms. The lowest BCUT2D eigenvalue weighted by Gasteiger charge is -2.34. The van der Waals surface area contributed by atoms with Gasteiger partial charge in [0.05, 0.1) is 17.9 Å². The molecule has 176 valence electrons. The van der Waals surface area contributed by atoms with Gasteiger partial charge in [-0.05, 0) is 71.2 Å². The SMILES string of the molecule is CC1(C)CCOc2cc3c(cc21)CCc1c(-c2ccc(C(=O)O)cc2)cn(Cc2cccnc2)c1-3. The van der Waals surface area contributed by atoms with Gasteiger partial charge in [0.2, 0.25) is 0 Å². The highest BCUT2D eigenvalue weighted by molar-refractivity contribution is 5.89. The maximum atomic E-state index is 11.4. The number of aromatic carboxylic acids is 1. The molecule has 3 heterocycles. The number of benzene rings is 2. The van der Waals surface area contributed by atoms with Gasteiger partial charge in [-0.3, -0.25) is 4.98 Å². The van der Waals surface area contributed by atoms with Crippen molar-refractivity contribution in [2.24, 2.45) is 0 Å². The third-order valence-corrected chi connectivity index (χ3v) is 7.52. The molecule has 2 aromatic heterocycles. The Labute approximate surface area is 205 Å². The molecule has 6 rings (SSSR count). The van der Waals surface area contributed by atoms with Gasteiger partial charge in [0.1, 0.15) is 5.75 Å². The number of ether oxygens (including phenoxy) is 1. The average Bonchev–Trinajstić information content (AvgIpc) is 3.22. The Kier molecular flexibility index (Phi) is 5.03. The molecule has 0 amide bonds. The number of carboxylic acids is 1. The second-order valence-electron chi connectivity index (χ2n) is 10.2. The van der Waals surface area contributed by atoms with Gasteiger partial charge in [-0.15, -0.1) is 0 Å². The van der Waals surface area contributed by atoms with Gasteiger partial charge in [-0.2, -0.15) is 0 Å². The summed E-state index contributed by atoms with van der Waals surface area (Å²) in [6, 6.07) is 15.9. The summed E-state index contributed by atoms with van der Waals surface area (Å²) in [5, 5.41) is 9.33. The molecule has 1 aliphatic carbocycles. The second-order valence-corrected chi connectivity index (χ2v) is 10.2. The molecular formula is C30H28N2O3. The molecule has 0 unspecified atom stereocenters. The van der Waals surface area contributed by atoms with Gasteiger partial charge in [-0.1, -0.05) is 38.1 Å². The van der Waals surface area contributed by atoms with E-state index in [0.29, 0.717) is 12.1 Å². The van der Waals surface area contributed by atoms with Crippen LogP contribution in [0.15, 0.2) is 67.1 Å². The third-order valence-electron chi connectivity index (χ3n) is 7.52. The maximum absolute atomic E-state index is 11.4. The molecule has 1 aliphatic heterocycles. The van der Waals surface area contributed by atoms with Crippen molar-refractivity contribution >= 4 is 5.97 Å². The van der Waals surface area contributed by atoms with Crippen molar-refractivity contribution in [2.45, 2.75) is 45.1 Å². The van der Waals surface area contributed by atoms with E-state index in [2.05, 4.69) is 47.8 Å². The minimum absolute atomic E-state index is 0.109. The molecule has 35 heavy (non-hydrogen) atoms. The summed E-state index contributed by atoms with van der Waals surface area (Å²) >= 11 is 0. The quantitative estimate of drug-likeness (QED) is 0.395. The largest absolute Gasteiger partial charge is 0.493 e. The first-order valence-electron chi connectivity index (χ1n) is 12.2. The summed E-state index contributed by atoms with van der Waals surface area (Å²) in [4.78, 5) is 15.7. The zero-order valence-corrected chi connectivity index (χ0v) is 20.0. The van der Waals surface area contributed by atoms with E-state index in [1.165, 1.54) is 27.9 Å².